The molecule has 1 aliphatic heterocycles. The largest absolute Gasteiger partial charge is 0.459 e. The molecule has 0 aromatic heterocycles. The van der Waals surface area contributed by atoms with Crippen molar-refractivity contribution in [1.82, 2.24) is 4.90 Å². The first-order chi connectivity index (χ1) is 7.84. The maximum atomic E-state index is 11.5. The Bertz CT molecular complexity index is 373. The van der Waals surface area contributed by atoms with E-state index in [-0.39, 0.29) is 5.97 Å². The summed E-state index contributed by atoms with van der Waals surface area (Å²) in [5.41, 5.74) is 1.02. The molecule has 1 aliphatic rings. The first-order valence-corrected chi connectivity index (χ1v) is 5.45. The average molecular weight is 217 g/mol. The number of hydrogen-bond acceptors (Lipinski definition) is 3. The Balaban J connectivity index is 1.73. The molecule has 0 fully saturated rings. The van der Waals surface area contributed by atoms with E-state index < -0.39 is 0 Å². The number of hydrogen-bond donors (Lipinski definition) is 0. The third-order valence-corrected chi connectivity index (χ3v) is 2.47. The van der Waals surface area contributed by atoms with E-state index >= 15 is 0 Å². The van der Waals surface area contributed by atoms with Gasteiger partial charge in [-0.3, -0.25) is 4.79 Å². The highest BCUT2D eigenvalue weighted by Gasteiger charge is 2.10. The molecule has 0 spiro atoms. The SMILES string of the molecule is O=C(CN1C=CCC1)OCc1ccccc1. The first-order valence-electron chi connectivity index (χ1n) is 5.45. The zero-order valence-electron chi connectivity index (χ0n) is 9.13. The zero-order valence-corrected chi connectivity index (χ0v) is 9.13. The van der Waals surface area contributed by atoms with Crippen LogP contribution in [0.1, 0.15) is 12.0 Å². The molecule has 0 bridgehead atoms. The molecule has 0 aliphatic carbocycles. The molecule has 3 heteroatoms. The van der Waals surface area contributed by atoms with Crippen molar-refractivity contribution in [1.29, 1.82) is 0 Å². The number of carbonyl (C=O) groups is 1. The Kier molecular flexibility index (Phi) is 3.59. The van der Waals surface area contributed by atoms with Crippen molar-refractivity contribution < 1.29 is 9.53 Å². The molecule has 3 nitrogen and oxygen atoms in total. The van der Waals surface area contributed by atoms with Gasteiger partial charge in [-0.25, -0.2) is 0 Å². The fourth-order valence-corrected chi connectivity index (χ4v) is 1.62. The van der Waals surface area contributed by atoms with Gasteiger partial charge in [0.05, 0.1) is 0 Å². The van der Waals surface area contributed by atoms with Gasteiger partial charge in [0.25, 0.3) is 0 Å². The van der Waals surface area contributed by atoms with E-state index in [4.69, 9.17) is 4.74 Å². The van der Waals surface area contributed by atoms with Gasteiger partial charge in [-0.1, -0.05) is 36.4 Å². The van der Waals surface area contributed by atoms with Crippen LogP contribution in [-0.4, -0.2) is 24.0 Å². The summed E-state index contributed by atoms with van der Waals surface area (Å²) in [7, 11) is 0. The maximum Gasteiger partial charge on any atom is 0.325 e. The van der Waals surface area contributed by atoms with Crippen LogP contribution in [0.2, 0.25) is 0 Å². The van der Waals surface area contributed by atoms with E-state index in [2.05, 4.69) is 6.08 Å². The number of esters is 1. The molecule has 16 heavy (non-hydrogen) atoms. The van der Waals surface area contributed by atoms with Crippen molar-refractivity contribution in [2.45, 2.75) is 13.0 Å². The van der Waals surface area contributed by atoms with Crippen LogP contribution in [0.15, 0.2) is 42.6 Å². The molecule has 0 saturated carbocycles. The van der Waals surface area contributed by atoms with Gasteiger partial charge in [0, 0.05) is 6.54 Å². The van der Waals surface area contributed by atoms with Crippen molar-refractivity contribution in [3.63, 3.8) is 0 Å². The van der Waals surface area contributed by atoms with Gasteiger partial charge in [0.1, 0.15) is 13.2 Å². The summed E-state index contributed by atoms with van der Waals surface area (Å²) in [5.74, 6) is -0.171. The number of nitrogens with zero attached hydrogens (tertiary/aromatic N) is 1. The summed E-state index contributed by atoms with van der Waals surface area (Å²) in [4.78, 5) is 13.4. The van der Waals surface area contributed by atoms with Gasteiger partial charge < -0.3 is 9.64 Å². The van der Waals surface area contributed by atoms with E-state index in [0.29, 0.717) is 13.2 Å². The van der Waals surface area contributed by atoms with Crippen LogP contribution >= 0.6 is 0 Å². The lowest BCUT2D eigenvalue weighted by molar-refractivity contribution is -0.145. The fraction of sp³-hybridized carbons (Fsp3) is 0.308. The predicted octanol–water partition coefficient (Wildman–Crippen LogP) is 1.95. The Morgan fingerprint density at radius 2 is 2.12 bits per heavy atom. The third kappa shape index (κ3) is 3.12. The molecular formula is C13H15NO2. The van der Waals surface area contributed by atoms with Crippen LogP contribution in [0.25, 0.3) is 0 Å². The second-order valence-corrected chi connectivity index (χ2v) is 3.79. The van der Waals surface area contributed by atoms with Crippen LogP contribution in [0.4, 0.5) is 0 Å². The first kappa shape index (κ1) is 10.7. The van der Waals surface area contributed by atoms with Crippen molar-refractivity contribution in [2.75, 3.05) is 13.1 Å². The number of ether oxygens (including phenoxy) is 1. The molecule has 0 N–H and O–H groups in total. The minimum absolute atomic E-state index is 0.171. The van der Waals surface area contributed by atoms with Crippen molar-refractivity contribution >= 4 is 5.97 Å². The second kappa shape index (κ2) is 5.35. The van der Waals surface area contributed by atoms with E-state index in [1.807, 2.05) is 41.4 Å². The summed E-state index contributed by atoms with van der Waals surface area (Å²) in [6, 6.07) is 9.71. The molecule has 0 radical (unpaired) electrons. The van der Waals surface area contributed by atoms with Crippen LogP contribution in [0.3, 0.4) is 0 Å². The van der Waals surface area contributed by atoms with Gasteiger partial charge in [-0.15, -0.1) is 0 Å². The molecule has 0 unspecified atom stereocenters. The van der Waals surface area contributed by atoms with E-state index in [9.17, 15) is 4.79 Å². The lowest BCUT2D eigenvalue weighted by atomic mass is 10.2. The average Bonchev–Trinajstić information content (AvgIpc) is 2.81. The fourth-order valence-electron chi connectivity index (χ4n) is 1.62. The third-order valence-electron chi connectivity index (χ3n) is 2.47. The molecule has 0 atom stereocenters. The monoisotopic (exact) mass is 217 g/mol. The van der Waals surface area contributed by atoms with Crippen molar-refractivity contribution in [2.24, 2.45) is 0 Å². The number of benzene rings is 1. The number of carbonyl (C=O) groups excluding carboxylic acids is 1. The van der Waals surface area contributed by atoms with Gasteiger partial charge in [-0.2, -0.15) is 0 Å². The predicted molar refractivity (Wildman–Crippen MR) is 61.6 cm³/mol. The summed E-state index contributed by atoms with van der Waals surface area (Å²) < 4.78 is 5.18. The van der Waals surface area contributed by atoms with Gasteiger partial charge in [-0.05, 0) is 18.2 Å². The van der Waals surface area contributed by atoms with Crippen LogP contribution in [0, 0.1) is 0 Å². The minimum Gasteiger partial charge on any atom is -0.459 e. The Morgan fingerprint density at radius 1 is 1.31 bits per heavy atom. The lowest BCUT2D eigenvalue weighted by Gasteiger charge is -2.14. The highest BCUT2D eigenvalue weighted by molar-refractivity contribution is 5.71. The zero-order chi connectivity index (χ0) is 11.2. The van der Waals surface area contributed by atoms with Crippen LogP contribution in [0.5, 0.6) is 0 Å². The smallest absolute Gasteiger partial charge is 0.325 e. The summed E-state index contributed by atoms with van der Waals surface area (Å²) in [6.45, 7) is 1.63. The van der Waals surface area contributed by atoms with E-state index in [0.717, 1.165) is 18.5 Å². The van der Waals surface area contributed by atoms with Crippen LogP contribution in [-0.2, 0) is 16.1 Å². The number of rotatable bonds is 4. The lowest BCUT2D eigenvalue weighted by Crippen LogP contribution is -2.24. The van der Waals surface area contributed by atoms with Crippen molar-refractivity contribution in [3.8, 4) is 0 Å². The Morgan fingerprint density at radius 3 is 2.81 bits per heavy atom. The molecule has 1 aromatic carbocycles. The van der Waals surface area contributed by atoms with Gasteiger partial charge in [0.15, 0.2) is 0 Å². The normalized spacial score (nSPS) is 14.1. The van der Waals surface area contributed by atoms with E-state index in [1.165, 1.54) is 0 Å². The highest BCUT2D eigenvalue weighted by atomic mass is 16.5. The minimum atomic E-state index is -0.171. The maximum absolute atomic E-state index is 11.5. The van der Waals surface area contributed by atoms with Crippen molar-refractivity contribution in [3.05, 3.63) is 48.2 Å². The topological polar surface area (TPSA) is 29.5 Å². The molecule has 0 amide bonds. The summed E-state index contributed by atoms with van der Waals surface area (Å²) in [5, 5.41) is 0. The molecule has 2 rings (SSSR count). The summed E-state index contributed by atoms with van der Waals surface area (Å²) in [6.07, 6.45) is 5.03. The Labute approximate surface area is 95.3 Å². The summed E-state index contributed by atoms with van der Waals surface area (Å²) >= 11 is 0. The molecule has 84 valence electrons. The van der Waals surface area contributed by atoms with Gasteiger partial charge in [0.2, 0.25) is 0 Å². The molecule has 0 saturated heterocycles. The Hall–Kier alpha value is -1.77. The standard InChI is InChI=1S/C13H15NO2/c15-13(10-14-8-4-5-9-14)16-11-12-6-2-1-3-7-12/h1-4,6-8H,5,9-11H2. The molecular weight excluding hydrogens is 202 g/mol. The van der Waals surface area contributed by atoms with E-state index in [1.54, 1.807) is 0 Å². The molecule has 1 heterocycles. The molecule has 1 aromatic rings. The van der Waals surface area contributed by atoms with Gasteiger partial charge >= 0.3 is 5.97 Å². The quantitative estimate of drug-likeness (QED) is 0.722. The van der Waals surface area contributed by atoms with Crippen LogP contribution < -0.4 is 0 Å². The highest BCUT2D eigenvalue weighted by Crippen LogP contribution is 2.05. The second-order valence-electron chi connectivity index (χ2n) is 3.79.